The van der Waals surface area contributed by atoms with Gasteiger partial charge in [-0.15, -0.1) is 0 Å². The third kappa shape index (κ3) is 3.71. The first-order chi connectivity index (χ1) is 16.5. The summed E-state index contributed by atoms with van der Waals surface area (Å²) in [6.45, 7) is 4.83. The highest BCUT2D eigenvalue weighted by atomic mass is 32.2. The van der Waals surface area contributed by atoms with Crippen molar-refractivity contribution in [2.75, 3.05) is 0 Å². The fourth-order valence-electron chi connectivity index (χ4n) is 4.00. The van der Waals surface area contributed by atoms with Crippen LogP contribution >= 0.6 is 0 Å². The first-order valence-corrected chi connectivity index (χ1v) is 12.0. The van der Waals surface area contributed by atoms with Crippen molar-refractivity contribution in [3.8, 4) is 11.5 Å². The van der Waals surface area contributed by atoms with Crippen LogP contribution in [-0.4, -0.2) is 18.9 Å². The molecule has 1 aliphatic rings. The molecule has 178 valence electrons. The Morgan fingerprint density at radius 1 is 1.06 bits per heavy atom. The van der Waals surface area contributed by atoms with E-state index < -0.39 is 26.1 Å². The lowest BCUT2D eigenvalue weighted by atomic mass is 9.96. The summed E-state index contributed by atoms with van der Waals surface area (Å²) in [4.78, 5) is 24.5. The van der Waals surface area contributed by atoms with Crippen LogP contribution in [0.25, 0.3) is 28.0 Å². The van der Waals surface area contributed by atoms with E-state index in [-0.39, 0.29) is 49.6 Å². The minimum atomic E-state index is -4.33. The van der Waals surface area contributed by atoms with Gasteiger partial charge in [0.1, 0.15) is 21.6 Å². The monoisotopic (exact) mass is 493 g/mol. The molecule has 4 aromatic rings. The topological polar surface area (TPSA) is 126 Å². The number of hydrogen-bond donors (Lipinski definition) is 0. The van der Waals surface area contributed by atoms with Crippen LogP contribution < -0.4 is 14.3 Å². The van der Waals surface area contributed by atoms with Gasteiger partial charge in [-0.1, -0.05) is 29.8 Å². The highest BCUT2D eigenvalue weighted by Crippen LogP contribution is 2.44. The van der Waals surface area contributed by atoms with Gasteiger partial charge in [-0.05, 0) is 45.0 Å². The number of rotatable bonds is 4. The SMILES string of the molecule is Cc1ccc(S(=O)(=O)Oc2cc3c(c4oc5ccccc5c(=O)c24)C=C([N+](=O)[O-])C(C)(C)O3)cc1. The lowest BCUT2D eigenvalue weighted by Crippen LogP contribution is -2.36. The maximum Gasteiger partial charge on any atom is 0.339 e. The van der Waals surface area contributed by atoms with Crippen LogP contribution in [0.3, 0.4) is 0 Å². The summed E-state index contributed by atoms with van der Waals surface area (Å²) < 4.78 is 43.5. The van der Waals surface area contributed by atoms with E-state index in [0.717, 1.165) is 5.56 Å². The summed E-state index contributed by atoms with van der Waals surface area (Å²) in [6, 6.07) is 13.7. The fourth-order valence-corrected chi connectivity index (χ4v) is 4.94. The lowest BCUT2D eigenvalue weighted by Gasteiger charge is -2.28. The Kier molecular flexibility index (Phi) is 4.95. The lowest BCUT2D eigenvalue weighted by molar-refractivity contribution is -0.439. The number of nitrogens with zero attached hydrogens (tertiary/aromatic N) is 1. The van der Waals surface area contributed by atoms with Crippen molar-refractivity contribution in [2.24, 2.45) is 0 Å². The summed E-state index contributed by atoms with van der Waals surface area (Å²) >= 11 is 0. The molecule has 3 aromatic carbocycles. The van der Waals surface area contributed by atoms with Gasteiger partial charge in [-0.2, -0.15) is 8.42 Å². The van der Waals surface area contributed by atoms with Crippen LogP contribution in [0.5, 0.6) is 11.5 Å². The quantitative estimate of drug-likeness (QED) is 0.172. The summed E-state index contributed by atoms with van der Waals surface area (Å²) in [5.41, 5.74) is -0.966. The third-order valence-corrected chi connectivity index (χ3v) is 7.03. The van der Waals surface area contributed by atoms with Gasteiger partial charge < -0.3 is 13.3 Å². The van der Waals surface area contributed by atoms with Gasteiger partial charge in [0.2, 0.25) is 5.43 Å². The largest absolute Gasteiger partial charge is 0.476 e. The number of aryl methyl sites for hydroxylation is 1. The van der Waals surface area contributed by atoms with Crippen molar-refractivity contribution in [2.45, 2.75) is 31.3 Å². The predicted molar refractivity (Wildman–Crippen MR) is 129 cm³/mol. The van der Waals surface area contributed by atoms with Gasteiger partial charge in [-0.3, -0.25) is 14.9 Å². The fraction of sp³-hybridized carbons (Fsp3) is 0.160. The standard InChI is InChI=1S/C25H19NO8S/c1-14-8-10-15(11-9-14)35(30,31)34-20-13-19-17(12-21(26(28)29)25(2,3)33-19)24-22(20)23(27)16-6-4-5-7-18(16)32-24/h4-13H,1-3H3. The van der Waals surface area contributed by atoms with Crippen molar-refractivity contribution in [1.29, 1.82) is 0 Å². The molecule has 9 nitrogen and oxygen atoms in total. The molecular formula is C25H19NO8S. The van der Waals surface area contributed by atoms with Crippen molar-refractivity contribution in [3.63, 3.8) is 0 Å². The molecule has 0 aliphatic carbocycles. The molecule has 35 heavy (non-hydrogen) atoms. The molecule has 2 heterocycles. The van der Waals surface area contributed by atoms with Gasteiger partial charge in [0.15, 0.2) is 16.9 Å². The molecule has 0 radical (unpaired) electrons. The van der Waals surface area contributed by atoms with E-state index >= 15 is 0 Å². The molecule has 0 fully saturated rings. The Morgan fingerprint density at radius 2 is 1.74 bits per heavy atom. The Hall–Kier alpha value is -4.18. The van der Waals surface area contributed by atoms with E-state index in [1.54, 1.807) is 30.3 Å². The van der Waals surface area contributed by atoms with Crippen LogP contribution in [0.4, 0.5) is 0 Å². The highest BCUT2D eigenvalue weighted by molar-refractivity contribution is 7.87. The van der Waals surface area contributed by atoms with Crippen molar-refractivity contribution >= 4 is 38.1 Å². The molecule has 0 amide bonds. The molecule has 1 aliphatic heterocycles. The number of ether oxygens (including phenoxy) is 1. The summed E-state index contributed by atoms with van der Waals surface area (Å²) in [6.07, 6.45) is 1.27. The van der Waals surface area contributed by atoms with Crippen LogP contribution in [0.2, 0.25) is 0 Å². The van der Waals surface area contributed by atoms with Gasteiger partial charge in [0.25, 0.3) is 5.70 Å². The maximum absolute atomic E-state index is 13.5. The second-order valence-corrected chi connectivity index (χ2v) is 10.2. The smallest absolute Gasteiger partial charge is 0.339 e. The normalized spacial score (nSPS) is 14.8. The number of nitro groups is 1. The number of benzene rings is 3. The second kappa shape index (κ2) is 7.67. The zero-order valence-corrected chi connectivity index (χ0v) is 19.7. The Balaban J connectivity index is 1.84. The highest BCUT2D eigenvalue weighted by Gasteiger charge is 2.41. The van der Waals surface area contributed by atoms with E-state index in [4.69, 9.17) is 13.3 Å². The number of para-hydroxylation sites is 1. The predicted octanol–water partition coefficient (Wildman–Crippen LogP) is 4.81. The molecule has 0 saturated carbocycles. The summed E-state index contributed by atoms with van der Waals surface area (Å²) in [5, 5.41) is 11.7. The van der Waals surface area contributed by atoms with Gasteiger partial charge in [0, 0.05) is 12.1 Å². The van der Waals surface area contributed by atoms with Crippen LogP contribution in [0.15, 0.2) is 74.4 Å². The van der Waals surface area contributed by atoms with Crippen LogP contribution in [0.1, 0.15) is 25.0 Å². The Bertz CT molecular complexity index is 1730. The number of hydrogen-bond acceptors (Lipinski definition) is 8. The first kappa shape index (κ1) is 22.6. The molecule has 0 unspecified atom stereocenters. The molecule has 0 spiro atoms. The molecule has 1 aromatic heterocycles. The molecule has 10 heteroatoms. The van der Waals surface area contributed by atoms with E-state index in [1.165, 1.54) is 44.2 Å². The zero-order chi connectivity index (χ0) is 25.1. The summed E-state index contributed by atoms with van der Waals surface area (Å²) in [7, 11) is -4.33. The molecule has 0 saturated heterocycles. The minimum absolute atomic E-state index is 0.0739. The zero-order valence-electron chi connectivity index (χ0n) is 18.9. The molecule has 0 bridgehead atoms. The number of fused-ring (bicyclic) bond motifs is 4. The third-order valence-electron chi connectivity index (χ3n) is 5.79. The molecule has 0 atom stereocenters. The van der Waals surface area contributed by atoms with E-state index in [9.17, 15) is 23.3 Å². The maximum atomic E-state index is 13.5. The van der Waals surface area contributed by atoms with E-state index in [2.05, 4.69) is 0 Å². The van der Waals surface area contributed by atoms with Crippen molar-refractivity contribution < 1.29 is 26.7 Å². The van der Waals surface area contributed by atoms with E-state index in [1.807, 2.05) is 6.92 Å². The van der Waals surface area contributed by atoms with Crippen molar-refractivity contribution in [1.82, 2.24) is 0 Å². The van der Waals surface area contributed by atoms with Crippen molar-refractivity contribution in [3.05, 3.63) is 91.8 Å². The van der Waals surface area contributed by atoms with Gasteiger partial charge in [-0.25, -0.2) is 0 Å². The van der Waals surface area contributed by atoms with Gasteiger partial charge in [0.05, 0.1) is 15.9 Å². The van der Waals surface area contributed by atoms with Gasteiger partial charge >= 0.3 is 10.1 Å². The first-order valence-electron chi connectivity index (χ1n) is 10.6. The Labute approximate surface area is 199 Å². The van der Waals surface area contributed by atoms with Crippen LogP contribution in [-0.2, 0) is 10.1 Å². The minimum Gasteiger partial charge on any atom is -0.476 e. The average Bonchev–Trinajstić information content (AvgIpc) is 2.78. The van der Waals surface area contributed by atoms with E-state index in [0.29, 0.717) is 0 Å². The second-order valence-electron chi connectivity index (χ2n) is 8.67. The Morgan fingerprint density at radius 3 is 2.43 bits per heavy atom. The molecular weight excluding hydrogens is 474 g/mol. The average molecular weight is 493 g/mol. The van der Waals surface area contributed by atoms with Crippen LogP contribution in [0, 0.1) is 17.0 Å². The molecule has 5 rings (SSSR count). The summed E-state index contributed by atoms with van der Waals surface area (Å²) in [5.74, 6) is -0.215. The molecule has 0 N–H and O–H groups in total.